The van der Waals surface area contributed by atoms with Crippen LogP contribution in [0.4, 0.5) is 0 Å². The first-order chi connectivity index (χ1) is 9.72. The molecule has 0 aromatic heterocycles. The zero-order chi connectivity index (χ0) is 14.4. The number of rotatable bonds is 5. The van der Waals surface area contributed by atoms with E-state index in [0.29, 0.717) is 12.1 Å². The number of hydrogen-bond donors (Lipinski definition) is 1. The maximum atomic E-state index is 12.0. The van der Waals surface area contributed by atoms with Gasteiger partial charge in [-0.25, -0.2) is 4.79 Å². The third kappa shape index (κ3) is 3.23. The molecule has 0 radical (unpaired) electrons. The number of amides is 1. The number of ether oxygens (including phenoxy) is 1. The van der Waals surface area contributed by atoms with Gasteiger partial charge in [0.15, 0.2) is 6.61 Å². The molecule has 102 valence electrons. The molecule has 0 spiro atoms. The number of hydrogen-bond acceptors (Lipinski definition) is 3. The van der Waals surface area contributed by atoms with Crippen molar-refractivity contribution >= 4 is 22.6 Å². The normalized spacial score (nSPS) is 10.0. The zero-order valence-electron chi connectivity index (χ0n) is 11.0. The topological polar surface area (TPSA) is 55.4 Å². The molecular weight excluding hydrogens is 254 g/mol. The van der Waals surface area contributed by atoms with Gasteiger partial charge in [-0.3, -0.25) is 4.79 Å². The van der Waals surface area contributed by atoms with Crippen molar-refractivity contribution in [3.8, 4) is 0 Å². The average molecular weight is 269 g/mol. The van der Waals surface area contributed by atoms with Gasteiger partial charge in [-0.1, -0.05) is 42.5 Å². The third-order valence-electron chi connectivity index (χ3n) is 2.79. The van der Waals surface area contributed by atoms with Gasteiger partial charge in [-0.2, -0.15) is 0 Å². The number of benzene rings is 2. The van der Waals surface area contributed by atoms with Crippen molar-refractivity contribution in [2.45, 2.75) is 0 Å². The molecule has 1 N–H and O–H groups in total. The predicted molar refractivity (Wildman–Crippen MR) is 77.4 cm³/mol. The van der Waals surface area contributed by atoms with E-state index in [0.717, 1.165) is 10.8 Å². The minimum Gasteiger partial charge on any atom is -0.452 e. The smallest absolute Gasteiger partial charge is 0.339 e. The van der Waals surface area contributed by atoms with Crippen LogP contribution >= 0.6 is 0 Å². The van der Waals surface area contributed by atoms with Crippen LogP contribution < -0.4 is 5.32 Å². The third-order valence-corrected chi connectivity index (χ3v) is 2.79. The van der Waals surface area contributed by atoms with Gasteiger partial charge in [0, 0.05) is 6.54 Å². The number of fused-ring (bicyclic) bond motifs is 1. The Kier molecular flexibility index (Phi) is 4.50. The van der Waals surface area contributed by atoms with Crippen LogP contribution in [0.25, 0.3) is 10.8 Å². The Bertz CT molecular complexity index is 644. The van der Waals surface area contributed by atoms with Crippen molar-refractivity contribution in [1.29, 1.82) is 0 Å². The van der Waals surface area contributed by atoms with E-state index in [1.807, 2.05) is 30.3 Å². The monoisotopic (exact) mass is 269 g/mol. The van der Waals surface area contributed by atoms with E-state index in [2.05, 4.69) is 11.9 Å². The largest absolute Gasteiger partial charge is 0.452 e. The molecule has 4 nitrogen and oxygen atoms in total. The molecule has 0 saturated carbocycles. The molecule has 0 saturated heterocycles. The molecule has 4 heteroatoms. The van der Waals surface area contributed by atoms with Crippen molar-refractivity contribution in [1.82, 2.24) is 5.32 Å². The first-order valence-corrected chi connectivity index (χ1v) is 6.25. The molecular formula is C16H15NO3. The second-order valence-corrected chi connectivity index (χ2v) is 4.20. The molecule has 0 aliphatic carbocycles. The van der Waals surface area contributed by atoms with Crippen LogP contribution in [0, 0.1) is 0 Å². The Hall–Kier alpha value is -2.62. The van der Waals surface area contributed by atoms with Crippen LogP contribution in [-0.4, -0.2) is 25.0 Å². The van der Waals surface area contributed by atoms with Crippen LogP contribution in [0.15, 0.2) is 55.1 Å². The molecule has 0 atom stereocenters. The molecule has 2 aromatic carbocycles. The van der Waals surface area contributed by atoms with Gasteiger partial charge in [-0.05, 0) is 16.8 Å². The Morgan fingerprint density at radius 1 is 1.15 bits per heavy atom. The number of carbonyl (C=O) groups excluding carboxylic acids is 2. The summed E-state index contributed by atoms with van der Waals surface area (Å²) < 4.78 is 5.01. The zero-order valence-corrected chi connectivity index (χ0v) is 11.0. The van der Waals surface area contributed by atoms with E-state index < -0.39 is 5.97 Å². The van der Waals surface area contributed by atoms with Gasteiger partial charge in [-0.15, -0.1) is 6.58 Å². The summed E-state index contributed by atoms with van der Waals surface area (Å²) in [5.41, 5.74) is 0.458. The van der Waals surface area contributed by atoms with Crippen LogP contribution in [-0.2, 0) is 9.53 Å². The van der Waals surface area contributed by atoms with Gasteiger partial charge >= 0.3 is 5.97 Å². The van der Waals surface area contributed by atoms with Crippen molar-refractivity contribution < 1.29 is 14.3 Å². The predicted octanol–water partition coefficient (Wildman–Crippen LogP) is 2.30. The van der Waals surface area contributed by atoms with Crippen molar-refractivity contribution in [2.24, 2.45) is 0 Å². The Labute approximate surface area is 117 Å². The minimum absolute atomic E-state index is 0.296. The summed E-state index contributed by atoms with van der Waals surface area (Å²) in [6, 6.07) is 12.9. The molecule has 1 amide bonds. The highest BCUT2D eigenvalue weighted by Crippen LogP contribution is 2.19. The van der Waals surface area contributed by atoms with Gasteiger partial charge in [0.2, 0.25) is 0 Å². The van der Waals surface area contributed by atoms with E-state index in [4.69, 9.17) is 4.74 Å². The SMILES string of the molecule is C=CCNC(=O)COC(=O)c1cccc2ccccc12. The summed E-state index contributed by atoms with van der Waals surface area (Å²) in [5.74, 6) is -0.853. The molecule has 2 rings (SSSR count). The van der Waals surface area contributed by atoms with E-state index in [9.17, 15) is 9.59 Å². The molecule has 0 fully saturated rings. The van der Waals surface area contributed by atoms with E-state index in [-0.39, 0.29) is 12.5 Å². The standard InChI is InChI=1S/C16H15NO3/c1-2-10-17-15(18)11-20-16(19)14-9-5-7-12-6-3-4-8-13(12)14/h2-9H,1,10-11H2,(H,17,18). The summed E-state index contributed by atoms with van der Waals surface area (Å²) in [7, 11) is 0. The van der Waals surface area contributed by atoms with Crippen LogP contribution in [0.3, 0.4) is 0 Å². The van der Waals surface area contributed by atoms with Crippen LogP contribution in [0.2, 0.25) is 0 Å². The maximum Gasteiger partial charge on any atom is 0.339 e. The van der Waals surface area contributed by atoms with Gasteiger partial charge in [0.25, 0.3) is 5.91 Å². The summed E-state index contributed by atoms with van der Waals surface area (Å²) >= 11 is 0. The lowest BCUT2D eigenvalue weighted by Gasteiger charge is -2.07. The first kappa shape index (κ1) is 13.8. The van der Waals surface area contributed by atoms with Crippen molar-refractivity contribution in [3.63, 3.8) is 0 Å². The number of nitrogens with one attached hydrogen (secondary N) is 1. The quantitative estimate of drug-likeness (QED) is 0.669. The van der Waals surface area contributed by atoms with E-state index >= 15 is 0 Å². The number of carbonyl (C=O) groups is 2. The fourth-order valence-electron chi connectivity index (χ4n) is 1.85. The lowest BCUT2D eigenvalue weighted by atomic mass is 10.1. The lowest BCUT2D eigenvalue weighted by Crippen LogP contribution is -2.28. The molecule has 0 heterocycles. The molecule has 0 aliphatic rings. The number of esters is 1. The van der Waals surface area contributed by atoms with Gasteiger partial charge in [0.1, 0.15) is 0 Å². The minimum atomic E-state index is -0.504. The highest BCUT2D eigenvalue weighted by Gasteiger charge is 2.12. The molecule has 0 bridgehead atoms. The fraction of sp³-hybridized carbons (Fsp3) is 0.125. The maximum absolute atomic E-state index is 12.0. The van der Waals surface area contributed by atoms with E-state index in [1.54, 1.807) is 18.2 Å². The highest BCUT2D eigenvalue weighted by atomic mass is 16.5. The highest BCUT2D eigenvalue weighted by molar-refractivity contribution is 6.04. The van der Waals surface area contributed by atoms with Crippen molar-refractivity contribution in [2.75, 3.05) is 13.2 Å². The van der Waals surface area contributed by atoms with Gasteiger partial charge < -0.3 is 10.1 Å². The molecule has 20 heavy (non-hydrogen) atoms. The summed E-state index contributed by atoms with van der Waals surface area (Å²) in [6.45, 7) is 3.54. The van der Waals surface area contributed by atoms with Gasteiger partial charge in [0.05, 0.1) is 5.56 Å². The Morgan fingerprint density at radius 3 is 2.70 bits per heavy atom. The fourth-order valence-corrected chi connectivity index (χ4v) is 1.85. The molecule has 2 aromatic rings. The second kappa shape index (κ2) is 6.52. The first-order valence-electron chi connectivity index (χ1n) is 6.25. The van der Waals surface area contributed by atoms with E-state index in [1.165, 1.54) is 0 Å². The van der Waals surface area contributed by atoms with Crippen molar-refractivity contribution in [3.05, 3.63) is 60.7 Å². The Morgan fingerprint density at radius 2 is 1.90 bits per heavy atom. The van der Waals surface area contributed by atoms with Crippen LogP contribution in [0.5, 0.6) is 0 Å². The molecule has 0 aliphatic heterocycles. The summed E-state index contributed by atoms with van der Waals surface area (Å²) in [4.78, 5) is 23.4. The lowest BCUT2D eigenvalue weighted by molar-refractivity contribution is -0.124. The Balaban J connectivity index is 2.08. The average Bonchev–Trinajstić information content (AvgIpc) is 2.50. The summed E-state index contributed by atoms with van der Waals surface area (Å²) in [5, 5.41) is 4.31. The molecule has 0 unspecified atom stereocenters. The summed E-state index contributed by atoms with van der Waals surface area (Å²) in [6.07, 6.45) is 1.56. The van der Waals surface area contributed by atoms with Crippen LogP contribution in [0.1, 0.15) is 10.4 Å². The second-order valence-electron chi connectivity index (χ2n) is 4.20.